The maximum Gasteiger partial charge on any atom is 0.228 e. The smallest absolute Gasteiger partial charge is 0.228 e. The Hall–Kier alpha value is -2.98. The number of carbonyl (C=O) groups is 1. The lowest BCUT2D eigenvalue weighted by Gasteiger charge is -2.16. The summed E-state index contributed by atoms with van der Waals surface area (Å²) in [5, 5.41) is 4.06. The fraction of sp³-hybridized carbons (Fsp3) is 0.0833. The van der Waals surface area contributed by atoms with E-state index < -0.39 is 0 Å². The first-order chi connectivity index (χ1) is 13.6. The standard InChI is InChI=1S/C24H19BrN2O/c1-16-19(15-23(28)27-22-14-8-6-12-20(22)25)24(17-9-3-2-4-10-17)18-11-5-7-13-21(18)26-16/h2-14H,15H2,1H3,(H,27,28). The molecule has 1 N–H and O–H groups in total. The number of pyridine rings is 1. The van der Waals surface area contributed by atoms with E-state index in [1.54, 1.807) is 0 Å². The number of nitrogens with one attached hydrogen (secondary N) is 1. The molecular weight excluding hydrogens is 412 g/mol. The Morgan fingerprint density at radius 3 is 2.39 bits per heavy atom. The minimum Gasteiger partial charge on any atom is -0.325 e. The average Bonchev–Trinajstić information content (AvgIpc) is 2.71. The first-order valence-corrected chi connectivity index (χ1v) is 9.91. The van der Waals surface area contributed by atoms with Crippen molar-refractivity contribution < 1.29 is 4.79 Å². The lowest BCUT2D eigenvalue weighted by Crippen LogP contribution is -2.16. The van der Waals surface area contributed by atoms with Gasteiger partial charge in [-0.2, -0.15) is 0 Å². The third-order valence-corrected chi connectivity index (χ3v) is 5.44. The molecule has 0 saturated carbocycles. The Balaban J connectivity index is 1.79. The van der Waals surface area contributed by atoms with Gasteiger partial charge in [0.1, 0.15) is 0 Å². The zero-order chi connectivity index (χ0) is 19.5. The summed E-state index contributed by atoms with van der Waals surface area (Å²) >= 11 is 3.48. The molecule has 1 heterocycles. The van der Waals surface area contributed by atoms with E-state index in [0.717, 1.165) is 43.4 Å². The summed E-state index contributed by atoms with van der Waals surface area (Å²) in [6.45, 7) is 1.97. The summed E-state index contributed by atoms with van der Waals surface area (Å²) in [6.07, 6.45) is 0.259. The number of benzene rings is 3. The van der Waals surface area contributed by atoms with Gasteiger partial charge in [-0.05, 0) is 57.7 Å². The zero-order valence-corrected chi connectivity index (χ0v) is 17.0. The van der Waals surface area contributed by atoms with Gasteiger partial charge in [-0.15, -0.1) is 0 Å². The largest absolute Gasteiger partial charge is 0.325 e. The number of hydrogen-bond acceptors (Lipinski definition) is 2. The minimum absolute atomic E-state index is 0.0655. The number of amides is 1. The van der Waals surface area contributed by atoms with Crippen LogP contribution in [0, 0.1) is 6.92 Å². The van der Waals surface area contributed by atoms with Crippen LogP contribution in [0.1, 0.15) is 11.3 Å². The highest BCUT2D eigenvalue weighted by atomic mass is 79.9. The van der Waals surface area contributed by atoms with Crippen LogP contribution in [0.5, 0.6) is 0 Å². The van der Waals surface area contributed by atoms with Crippen molar-refractivity contribution in [1.82, 2.24) is 4.98 Å². The number of para-hydroxylation sites is 2. The van der Waals surface area contributed by atoms with Crippen molar-refractivity contribution in [1.29, 1.82) is 0 Å². The Morgan fingerprint density at radius 1 is 0.929 bits per heavy atom. The van der Waals surface area contributed by atoms with Crippen LogP contribution in [0.4, 0.5) is 5.69 Å². The van der Waals surface area contributed by atoms with Gasteiger partial charge in [0, 0.05) is 15.6 Å². The SMILES string of the molecule is Cc1nc2ccccc2c(-c2ccccc2)c1CC(=O)Nc1ccccc1Br. The molecule has 3 aromatic carbocycles. The van der Waals surface area contributed by atoms with E-state index in [1.807, 2.05) is 67.6 Å². The molecule has 4 aromatic rings. The molecule has 0 aliphatic rings. The second-order valence-electron chi connectivity index (χ2n) is 6.64. The zero-order valence-electron chi connectivity index (χ0n) is 15.4. The Kier molecular flexibility index (Phi) is 5.22. The highest BCUT2D eigenvalue weighted by Crippen LogP contribution is 2.33. The maximum absolute atomic E-state index is 12.8. The summed E-state index contributed by atoms with van der Waals surface area (Å²) in [7, 11) is 0. The van der Waals surface area contributed by atoms with Crippen LogP contribution in [0.25, 0.3) is 22.0 Å². The fourth-order valence-corrected chi connectivity index (χ4v) is 3.83. The van der Waals surface area contributed by atoms with Crippen molar-refractivity contribution >= 4 is 38.4 Å². The quantitative estimate of drug-likeness (QED) is 0.421. The molecule has 0 atom stereocenters. The lowest BCUT2D eigenvalue weighted by atomic mass is 9.92. The molecule has 0 aliphatic heterocycles. The molecule has 0 unspecified atom stereocenters. The van der Waals surface area contributed by atoms with Gasteiger partial charge in [0.25, 0.3) is 0 Å². The van der Waals surface area contributed by atoms with Crippen LogP contribution in [0.3, 0.4) is 0 Å². The highest BCUT2D eigenvalue weighted by Gasteiger charge is 2.17. The number of halogens is 1. The number of hydrogen-bond donors (Lipinski definition) is 1. The molecule has 1 aromatic heterocycles. The normalized spacial score (nSPS) is 10.8. The molecule has 0 spiro atoms. The van der Waals surface area contributed by atoms with Gasteiger partial charge in [0.05, 0.1) is 17.6 Å². The predicted molar refractivity (Wildman–Crippen MR) is 118 cm³/mol. The number of fused-ring (bicyclic) bond motifs is 1. The maximum atomic E-state index is 12.8. The van der Waals surface area contributed by atoms with Crippen molar-refractivity contribution in [2.45, 2.75) is 13.3 Å². The van der Waals surface area contributed by atoms with E-state index in [0.29, 0.717) is 0 Å². The van der Waals surface area contributed by atoms with E-state index in [1.165, 1.54) is 0 Å². The Morgan fingerprint density at radius 2 is 1.61 bits per heavy atom. The van der Waals surface area contributed by atoms with E-state index in [4.69, 9.17) is 4.98 Å². The Labute approximate surface area is 172 Å². The third kappa shape index (κ3) is 3.69. The molecule has 0 bridgehead atoms. The molecular formula is C24H19BrN2O. The number of nitrogens with zero attached hydrogens (tertiary/aromatic N) is 1. The van der Waals surface area contributed by atoms with Gasteiger partial charge in [-0.3, -0.25) is 9.78 Å². The van der Waals surface area contributed by atoms with Crippen LogP contribution in [0.2, 0.25) is 0 Å². The molecule has 4 heteroatoms. The van der Waals surface area contributed by atoms with Gasteiger partial charge < -0.3 is 5.32 Å². The molecule has 28 heavy (non-hydrogen) atoms. The van der Waals surface area contributed by atoms with E-state index in [9.17, 15) is 4.79 Å². The predicted octanol–water partition coefficient (Wildman–Crippen LogP) is 6.15. The van der Waals surface area contributed by atoms with Crippen molar-refractivity contribution in [2.24, 2.45) is 0 Å². The number of aryl methyl sites for hydroxylation is 1. The first-order valence-electron chi connectivity index (χ1n) is 9.11. The summed E-state index contributed by atoms with van der Waals surface area (Å²) in [5.74, 6) is -0.0655. The third-order valence-electron chi connectivity index (χ3n) is 4.75. The van der Waals surface area contributed by atoms with Gasteiger partial charge in [0.15, 0.2) is 0 Å². The summed E-state index contributed by atoms with van der Waals surface area (Å²) in [4.78, 5) is 17.6. The van der Waals surface area contributed by atoms with Gasteiger partial charge in [0.2, 0.25) is 5.91 Å². The molecule has 0 saturated heterocycles. The Bertz CT molecular complexity index is 1160. The molecule has 1 amide bonds. The van der Waals surface area contributed by atoms with Crippen molar-refractivity contribution in [2.75, 3.05) is 5.32 Å². The molecule has 0 fully saturated rings. The second kappa shape index (κ2) is 7.95. The van der Waals surface area contributed by atoms with Crippen LogP contribution in [-0.4, -0.2) is 10.9 Å². The van der Waals surface area contributed by atoms with E-state index >= 15 is 0 Å². The number of carbonyl (C=O) groups excluding carboxylic acids is 1. The van der Waals surface area contributed by atoms with Gasteiger partial charge >= 0.3 is 0 Å². The number of aromatic nitrogens is 1. The van der Waals surface area contributed by atoms with Crippen molar-refractivity contribution in [3.8, 4) is 11.1 Å². The molecule has 3 nitrogen and oxygen atoms in total. The summed E-state index contributed by atoms with van der Waals surface area (Å²) in [6, 6.07) is 25.9. The first kappa shape index (κ1) is 18.4. The van der Waals surface area contributed by atoms with Crippen molar-refractivity contribution in [3.63, 3.8) is 0 Å². The molecule has 4 rings (SSSR count). The summed E-state index contributed by atoms with van der Waals surface area (Å²) < 4.78 is 0.861. The molecule has 0 aliphatic carbocycles. The van der Waals surface area contributed by atoms with Crippen molar-refractivity contribution in [3.05, 3.63) is 94.6 Å². The monoisotopic (exact) mass is 430 g/mol. The van der Waals surface area contributed by atoms with Gasteiger partial charge in [-0.1, -0.05) is 60.7 Å². The molecule has 0 radical (unpaired) electrons. The van der Waals surface area contributed by atoms with E-state index in [-0.39, 0.29) is 12.3 Å². The highest BCUT2D eigenvalue weighted by molar-refractivity contribution is 9.10. The van der Waals surface area contributed by atoms with Gasteiger partial charge in [-0.25, -0.2) is 0 Å². The van der Waals surface area contributed by atoms with Crippen LogP contribution in [0.15, 0.2) is 83.3 Å². The number of rotatable bonds is 4. The topological polar surface area (TPSA) is 42.0 Å². The van der Waals surface area contributed by atoms with E-state index in [2.05, 4.69) is 39.4 Å². The fourth-order valence-electron chi connectivity index (χ4n) is 3.44. The average molecular weight is 431 g/mol. The number of anilines is 1. The van der Waals surface area contributed by atoms with Crippen LogP contribution >= 0.6 is 15.9 Å². The van der Waals surface area contributed by atoms with Crippen LogP contribution < -0.4 is 5.32 Å². The van der Waals surface area contributed by atoms with Crippen LogP contribution in [-0.2, 0) is 11.2 Å². The molecule has 138 valence electrons. The minimum atomic E-state index is -0.0655. The summed E-state index contributed by atoms with van der Waals surface area (Å²) in [5.41, 5.74) is 5.70. The lowest BCUT2D eigenvalue weighted by molar-refractivity contribution is -0.115. The second-order valence-corrected chi connectivity index (χ2v) is 7.49.